The van der Waals surface area contributed by atoms with Crippen molar-refractivity contribution >= 4 is 21.9 Å². The predicted octanol–water partition coefficient (Wildman–Crippen LogP) is 0.834. The molecule has 2 aliphatic rings. The Kier molecular flexibility index (Phi) is 9.94. The molecule has 3 rings (SSSR count). The molecule has 3 N–H and O–H groups in total. The first-order valence-corrected chi connectivity index (χ1v) is 14.2. The minimum Gasteiger partial charge on any atom is -0.481 e. The summed E-state index contributed by atoms with van der Waals surface area (Å²) in [6.45, 7) is 3.52. The zero-order valence-corrected chi connectivity index (χ0v) is 21.7. The van der Waals surface area contributed by atoms with E-state index in [4.69, 9.17) is 9.47 Å². The number of nitrogens with one attached hydrogen (secondary N) is 1. The Morgan fingerprint density at radius 1 is 1.19 bits per heavy atom. The van der Waals surface area contributed by atoms with Crippen molar-refractivity contribution in [1.82, 2.24) is 14.5 Å². The van der Waals surface area contributed by atoms with E-state index in [1.165, 1.54) is 0 Å². The van der Waals surface area contributed by atoms with Crippen molar-refractivity contribution in [2.45, 2.75) is 44.6 Å². The van der Waals surface area contributed by atoms with E-state index in [-0.39, 0.29) is 38.8 Å². The monoisotopic (exact) mass is 527 g/mol. The molecule has 3 atom stereocenters. The fourth-order valence-corrected chi connectivity index (χ4v) is 5.46. The van der Waals surface area contributed by atoms with E-state index in [9.17, 15) is 28.2 Å². The standard InChI is InChI=1S/C24H37N3O8S/c1-3-4-10-26(11-5-12-28)22(29)15-27-14-18(17-6-7-20-21(13-17)35-16-34-20)23(24(30)31)19(27)8-9-25-36(2,32)33/h6-7,13,18-19,23,25,28H,3-5,8-12,14-16H2,1-2H3,(H,30,31)/t18-,19+,23-/m1/s1. The number of nitrogens with zero attached hydrogens (tertiary/aromatic N) is 2. The van der Waals surface area contributed by atoms with Crippen molar-refractivity contribution in [3.05, 3.63) is 23.8 Å². The van der Waals surface area contributed by atoms with Gasteiger partial charge in [-0.2, -0.15) is 0 Å². The van der Waals surface area contributed by atoms with Crippen molar-refractivity contribution in [3.8, 4) is 11.5 Å². The molecule has 1 fully saturated rings. The molecular weight excluding hydrogens is 490 g/mol. The van der Waals surface area contributed by atoms with Crippen LogP contribution in [0, 0.1) is 5.92 Å². The Balaban J connectivity index is 1.85. The molecule has 0 saturated carbocycles. The number of hydrogen-bond donors (Lipinski definition) is 3. The molecule has 2 aliphatic heterocycles. The number of fused-ring (bicyclic) bond motifs is 1. The number of aliphatic hydroxyl groups is 1. The number of sulfonamides is 1. The SMILES string of the molecule is CCCCN(CCCO)C(=O)CN1C[C@H](c2ccc3c(c2)OCO3)[C@@H](C(=O)O)[C@@H]1CCNS(C)(=O)=O. The summed E-state index contributed by atoms with van der Waals surface area (Å²) in [4.78, 5) is 29.3. The van der Waals surface area contributed by atoms with E-state index in [1.54, 1.807) is 17.0 Å². The number of carbonyl (C=O) groups excluding carboxylic acids is 1. The summed E-state index contributed by atoms with van der Waals surface area (Å²) >= 11 is 0. The number of carbonyl (C=O) groups is 2. The third-order valence-corrected chi connectivity index (χ3v) is 7.45. The highest BCUT2D eigenvalue weighted by atomic mass is 32.2. The number of aliphatic carboxylic acids is 1. The number of carboxylic acid groups (broad SMARTS) is 1. The number of benzene rings is 1. The van der Waals surface area contributed by atoms with E-state index in [0.29, 0.717) is 37.6 Å². The lowest BCUT2D eigenvalue weighted by atomic mass is 9.84. The molecule has 36 heavy (non-hydrogen) atoms. The van der Waals surface area contributed by atoms with E-state index in [1.807, 2.05) is 17.9 Å². The van der Waals surface area contributed by atoms with Crippen molar-refractivity contribution in [3.63, 3.8) is 0 Å². The Labute approximate surface area is 212 Å². The Morgan fingerprint density at radius 3 is 2.58 bits per heavy atom. The fourth-order valence-electron chi connectivity index (χ4n) is 4.97. The first-order chi connectivity index (χ1) is 17.1. The van der Waals surface area contributed by atoms with Crippen molar-refractivity contribution in [2.24, 2.45) is 5.92 Å². The van der Waals surface area contributed by atoms with Gasteiger partial charge in [-0.3, -0.25) is 14.5 Å². The number of unbranched alkanes of at least 4 members (excludes halogenated alkanes) is 1. The van der Waals surface area contributed by atoms with E-state index < -0.39 is 33.9 Å². The largest absolute Gasteiger partial charge is 0.481 e. The van der Waals surface area contributed by atoms with Gasteiger partial charge in [-0.1, -0.05) is 19.4 Å². The molecule has 2 heterocycles. The Hall–Kier alpha value is -2.41. The summed E-state index contributed by atoms with van der Waals surface area (Å²) < 4.78 is 36.5. The van der Waals surface area contributed by atoms with Gasteiger partial charge >= 0.3 is 5.97 Å². The highest BCUT2D eigenvalue weighted by molar-refractivity contribution is 7.88. The molecule has 1 aromatic carbocycles. The van der Waals surface area contributed by atoms with Gasteiger partial charge in [0.05, 0.1) is 18.7 Å². The van der Waals surface area contributed by atoms with Crippen LogP contribution in [0.5, 0.6) is 11.5 Å². The number of aliphatic hydroxyl groups excluding tert-OH is 1. The molecular formula is C24H37N3O8S. The molecule has 0 aliphatic carbocycles. The molecule has 11 nitrogen and oxygen atoms in total. The molecule has 0 bridgehead atoms. The lowest BCUT2D eigenvalue weighted by Crippen LogP contribution is -2.45. The number of rotatable bonds is 14. The molecule has 1 saturated heterocycles. The molecule has 202 valence electrons. The number of carboxylic acids is 1. The van der Waals surface area contributed by atoms with Gasteiger partial charge < -0.3 is 24.6 Å². The van der Waals surface area contributed by atoms with Crippen LogP contribution in [0.3, 0.4) is 0 Å². The van der Waals surface area contributed by atoms with E-state index >= 15 is 0 Å². The van der Waals surface area contributed by atoms with Crippen molar-refractivity contribution < 1.29 is 37.7 Å². The molecule has 0 aromatic heterocycles. The smallest absolute Gasteiger partial charge is 0.308 e. The molecule has 12 heteroatoms. The summed E-state index contributed by atoms with van der Waals surface area (Å²) in [7, 11) is -3.45. The first-order valence-electron chi connectivity index (χ1n) is 12.3. The van der Waals surface area contributed by atoms with Crippen LogP contribution in [0.2, 0.25) is 0 Å². The number of likely N-dealkylation sites (tertiary alicyclic amines) is 1. The Bertz CT molecular complexity index is 1010. The summed E-state index contributed by atoms with van der Waals surface area (Å²) in [5, 5.41) is 19.5. The first kappa shape index (κ1) is 28.2. The van der Waals surface area contributed by atoms with Gasteiger partial charge in [-0.25, -0.2) is 13.1 Å². The average Bonchev–Trinajstić information content (AvgIpc) is 3.42. The maximum atomic E-state index is 13.3. The van der Waals surface area contributed by atoms with E-state index in [2.05, 4.69) is 4.72 Å². The second-order valence-corrected chi connectivity index (χ2v) is 11.2. The van der Waals surface area contributed by atoms with Crippen LogP contribution in [0.15, 0.2) is 18.2 Å². The lowest BCUT2D eigenvalue weighted by Gasteiger charge is -2.29. The van der Waals surface area contributed by atoms with Crippen molar-refractivity contribution in [2.75, 3.05) is 52.4 Å². The molecule has 1 amide bonds. The highest BCUT2D eigenvalue weighted by Crippen LogP contribution is 2.42. The van der Waals surface area contributed by atoms with Crippen molar-refractivity contribution in [1.29, 1.82) is 0 Å². The third-order valence-electron chi connectivity index (χ3n) is 6.72. The maximum Gasteiger partial charge on any atom is 0.308 e. The minimum atomic E-state index is -3.45. The summed E-state index contributed by atoms with van der Waals surface area (Å²) in [6.07, 6.45) is 3.51. The van der Waals surface area contributed by atoms with Gasteiger partial charge in [-0.05, 0) is 37.0 Å². The molecule has 1 aromatic rings. The van der Waals surface area contributed by atoms with Gasteiger partial charge in [0.1, 0.15) is 0 Å². The van der Waals surface area contributed by atoms with Gasteiger partial charge in [0.15, 0.2) is 11.5 Å². The quantitative estimate of drug-likeness (QED) is 0.320. The van der Waals surface area contributed by atoms with Crippen LogP contribution < -0.4 is 14.2 Å². The molecule has 0 spiro atoms. The third kappa shape index (κ3) is 7.31. The summed E-state index contributed by atoms with van der Waals surface area (Å²) in [6, 6.07) is 4.81. The van der Waals surface area contributed by atoms with E-state index in [0.717, 1.165) is 24.7 Å². The van der Waals surface area contributed by atoms with Crippen LogP contribution in [-0.2, 0) is 19.6 Å². The zero-order valence-electron chi connectivity index (χ0n) is 20.9. The molecule has 0 radical (unpaired) electrons. The number of amides is 1. The topological polar surface area (TPSA) is 146 Å². The van der Waals surface area contributed by atoms with Crippen LogP contribution in [-0.4, -0.2) is 98.7 Å². The second kappa shape index (κ2) is 12.7. The van der Waals surface area contributed by atoms with Gasteiger partial charge in [-0.15, -0.1) is 0 Å². The second-order valence-electron chi connectivity index (χ2n) is 9.35. The predicted molar refractivity (Wildman–Crippen MR) is 132 cm³/mol. The fraction of sp³-hybridized carbons (Fsp3) is 0.667. The van der Waals surface area contributed by atoms with Gasteiger partial charge in [0, 0.05) is 44.7 Å². The molecule has 0 unspecified atom stereocenters. The Morgan fingerprint density at radius 2 is 1.92 bits per heavy atom. The maximum absolute atomic E-state index is 13.3. The number of ether oxygens (including phenoxy) is 2. The normalized spacial score (nSPS) is 21.6. The lowest BCUT2D eigenvalue weighted by molar-refractivity contribution is -0.143. The van der Waals surface area contributed by atoms with Gasteiger partial charge in [0.25, 0.3) is 0 Å². The highest BCUT2D eigenvalue weighted by Gasteiger charge is 2.47. The van der Waals surface area contributed by atoms with Crippen LogP contribution in [0.1, 0.15) is 44.1 Å². The van der Waals surface area contributed by atoms with Gasteiger partial charge in [0.2, 0.25) is 22.7 Å². The van der Waals surface area contributed by atoms with Crippen LogP contribution in [0.4, 0.5) is 0 Å². The number of hydrogen-bond acceptors (Lipinski definition) is 8. The van der Waals surface area contributed by atoms with Crippen LogP contribution in [0.25, 0.3) is 0 Å². The average molecular weight is 528 g/mol. The minimum absolute atomic E-state index is 0.0174. The summed E-state index contributed by atoms with van der Waals surface area (Å²) in [5.74, 6) is -1.25. The van der Waals surface area contributed by atoms with Crippen LogP contribution >= 0.6 is 0 Å². The summed E-state index contributed by atoms with van der Waals surface area (Å²) in [5.41, 5.74) is 0.769. The zero-order chi connectivity index (χ0) is 26.3.